The van der Waals surface area contributed by atoms with E-state index in [1.165, 1.54) is 6.07 Å². The van der Waals surface area contributed by atoms with E-state index in [1.54, 1.807) is 19.2 Å². The van der Waals surface area contributed by atoms with Gasteiger partial charge in [0, 0.05) is 36.2 Å². The van der Waals surface area contributed by atoms with E-state index in [4.69, 9.17) is 4.74 Å². The van der Waals surface area contributed by atoms with E-state index in [1.807, 2.05) is 29.2 Å². The monoisotopic (exact) mass is 324 g/mol. The van der Waals surface area contributed by atoms with Crippen molar-refractivity contribution in [3.63, 3.8) is 0 Å². The largest absolute Gasteiger partial charge is 0.497 e. The molecule has 1 aliphatic heterocycles. The first-order valence-electron chi connectivity index (χ1n) is 7.80. The third kappa shape index (κ3) is 2.31. The van der Waals surface area contributed by atoms with E-state index in [9.17, 15) is 14.9 Å². The minimum absolute atomic E-state index is 0.0468. The molecule has 1 saturated carbocycles. The van der Waals surface area contributed by atoms with Crippen molar-refractivity contribution in [3.05, 3.63) is 69.3 Å². The van der Waals surface area contributed by atoms with E-state index < -0.39 is 4.92 Å². The molecule has 0 aromatic heterocycles. The average Bonchev–Trinajstić information content (AvgIpc) is 3.39. The highest BCUT2D eigenvalue weighted by atomic mass is 16.6. The minimum atomic E-state index is -0.411. The number of carbonyl (C=O) groups is 1. The zero-order chi connectivity index (χ0) is 16.8. The number of benzene rings is 2. The molecular formula is C18H16N2O4. The third-order valence-electron chi connectivity index (χ3n) is 4.81. The summed E-state index contributed by atoms with van der Waals surface area (Å²) in [7, 11) is 1.62. The molecule has 0 radical (unpaired) electrons. The summed E-state index contributed by atoms with van der Waals surface area (Å²) in [5, 5.41) is 10.9. The average molecular weight is 324 g/mol. The molecule has 0 N–H and O–H groups in total. The SMILES string of the molecule is COc1ccc(CN2C(=O)c3ccc([N+](=O)[O-])cc3C3CC32)cc1. The number of carbonyl (C=O) groups excluding carboxylic acids is 1. The van der Waals surface area contributed by atoms with Gasteiger partial charge in [-0.05, 0) is 35.7 Å². The van der Waals surface area contributed by atoms with E-state index in [0.717, 1.165) is 23.3 Å². The maximum absolute atomic E-state index is 12.8. The van der Waals surface area contributed by atoms with Crippen molar-refractivity contribution >= 4 is 11.6 Å². The zero-order valence-corrected chi connectivity index (χ0v) is 13.1. The Hall–Kier alpha value is -2.89. The Balaban J connectivity index is 1.61. The molecule has 2 atom stereocenters. The molecule has 2 unspecified atom stereocenters. The first-order chi connectivity index (χ1) is 11.6. The summed E-state index contributed by atoms with van der Waals surface area (Å²) in [4.78, 5) is 25.2. The predicted molar refractivity (Wildman–Crippen MR) is 87.1 cm³/mol. The first kappa shape index (κ1) is 14.7. The van der Waals surface area contributed by atoms with Crippen molar-refractivity contribution in [2.24, 2.45) is 0 Å². The number of methoxy groups -OCH3 is 1. The van der Waals surface area contributed by atoms with Crippen LogP contribution in [0, 0.1) is 10.1 Å². The summed E-state index contributed by atoms with van der Waals surface area (Å²) in [6.07, 6.45) is 0.871. The van der Waals surface area contributed by atoms with Crippen molar-refractivity contribution in [1.29, 1.82) is 0 Å². The summed E-state index contributed by atoms with van der Waals surface area (Å²) in [5.74, 6) is 0.955. The fraction of sp³-hybridized carbons (Fsp3) is 0.278. The summed E-state index contributed by atoms with van der Waals surface area (Å²) in [5.41, 5.74) is 2.51. The summed E-state index contributed by atoms with van der Waals surface area (Å²) >= 11 is 0. The van der Waals surface area contributed by atoms with E-state index >= 15 is 0 Å². The van der Waals surface area contributed by atoms with Gasteiger partial charge in [-0.15, -0.1) is 0 Å². The van der Waals surface area contributed by atoms with Crippen LogP contribution in [0.4, 0.5) is 5.69 Å². The quantitative estimate of drug-likeness (QED) is 0.640. The molecule has 24 heavy (non-hydrogen) atoms. The lowest BCUT2D eigenvalue weighted by Gasteiger charge is -2.28. The summed E-state index contributed by atoms with van der Waals surface area (Å²) in [6.45, 7) is 0.542. The van der Waals surface area contributed by atoms with Gasteiger partial charge in [-0.25, -0.2) is 0 Å². The smallest absolute Gasteiger partial charge is 0.269 e. The molecule has 1 amide bonds. The molecule has 6 heteroatoms. The lowest BCUT2D eigenvalue weighted by Crippen LogP contribution is -2.36. The van der Waals surface area contributed by atoms with Crippen LogP contribution < -0.4 is 4.74 Å². The highest BCUT2D eigenvalue weighted by molar-refractivity contribution is 5.98. The third-order valence-corrected chi connectivity index (χ3v) is 4.81. The molecule has 0 bridgehead atoms. The van der Waals surface area contributed by atoms with Gasteiger partial charge in [0.25, 0.3) is 11.6 Å². The van der Waals surface area contributed by atoms with Gasteiger partial charge in [-0.3, -0.25) is 14.9 Å². The molecule has 1 fully saturated rings. The van der Waals surface area contributed by atoms with Crippen LogP contribution in [0.1, 0.15) is 33.8 Å². The Labute approximate surface area is 138 Å². The number of rotatable bonds is 4. The van der Waals surface area contributed by atoms with Gasteiger partial charge in [0.1, 0.15) is 5.75 Å². The van der Waals surface area contributed by atoms with E-state index in [0.29, 0.717) is 12.1 Å². The molecule has 1 heterocycles. The molecule has 2 aliphatic rings. The molecule has 122 valence electrons. The number of non-ortho nitro benzene ring substituents is 1. The topological polar surface area (TPSA) is 72.7 Å². The Morgan fingerprint density at radius 1 is 1.25 bits per heavy atom. The lowest BCUT2D eigenvalue weighted by atomic mass is 9.97. The fourth-order valence-electron chi connectivity index (χ4n) is 3.45. The molecule has 2 aromatic carbocycles. The Bertz CT molecular complexity index is 831. The molecule has 6 nitrogen and oxygen atoms in total. The van der Waals surface area contributed by atoms with Gasteiger partial charge in [0.05, 0.1) is 12.0 Å². The van der Waals surface area contributed by atoms with Crippen LogP contribution in [-0.4, -0.2) is 28.9 Å². The fourth-order valence-corrected chi connectivity index (χ4v) is 3.45. The molecule has 0 spiro atoms. The number of nitrogens with zero attached hydrogens (tertiary/aromatic N) is 2. The van der Waals surface area contributed by atoms with Crippen LogP contribution in [0.3, 0.4) is 0 Å². The number of hydrogen-bond acceptors (Lipinski definition) is 4. The molecule has 1 aliphatic carbocycles. The lowest BCUT2D eigenvalue weighted by molar-refractivity contribution is -0.384. The zero-order valence-electron chi connectivity index (χ0n) is 13.1. The molecule has 0 saturated heterocycles. The Kier molecular flexibility index (Phi) is 3.26. The second-order valence-corrected chi connectivity index (χ2v) is 6.22. The van der Waals surface area contributed by atoms with E-state index in [2.05, 4.69) is 0 Å². The highest BCUT2D eigenvalue weighted by Crippen LogP contribution is 2.51. The number of ether oxygens (including phenoxy) is 1. The standard InChI is InChI=1S/C18H16N2O4/c1-24-13-5-2-11(3-6-13)10-19-17-9-16(17)15-8-12(20(22)23)4-7-14(15)18(19)21/h2-8,16-17H,9-10H2,1H3. The Morgan fingerprint density at radius 2 is 2.00 bits per heavy atom. The predicted octanol–water partition coefficient (Wildman–Crippen LogP) is 3.12. The number of fused-ring (bicyclic) bond motifs is 3. The van der Waals surface area contributed by atoms with Crippen molar-refractivity contribution < 1.29 is 14.5 Å². The van der Waals surface area contributed by atoms with Crippen molar-refractivity contribution in [2.45, 2.75) is 24.9 Å². The first-order valence-corrected chi connectivity index (χ1v) is 7.80. The van der Waals surface area contributed by atoms with Gasteiger partial charge >= 0.3 is 0 Å². The van der Waals surface area contributed by atoms with Crippen LogP contribution in [-0.2, 0) is 6.54 Å². The second kappa shape index (κ2) is 5.33. The number of hydrogen-bond donors (Lipinski definition) is 0. The number of nitro benzene ring substituents is 1. The van der Waals surface area contributed by atoms with E-state index in [-0.39, 0.29) is 23.6 Å². The minimum Gasteiger partial charge on any atom is -0.497 e. The van der Waals surface area contributed by atoms with Crippen LogP contribution in [0.5, 0.6) is 5.75 Å². The normalized spacial score (nSPS) is 21.0. The molecule has 2 aromatic rings. The number of nitro groups is 1. The van der Waals surface area contributed by atoms with Crippen molar-refractivity contribution in [2.75, 3.05) is 7.11 Å². The van der Waals surface area contributed by atoms with Crippen molar-refractivity contribution in [3.8, 4) is 5.75 Å². The van der Waals surface area contributed by atoms with Gasteiger partial charge in [0.15, 0.2) is 0 Å². The van der Waals surface area contributed by atoms with Gasteiger partial charge in [0.2, 0.25) is 0 Å². The van der Waals surface area contributed by atoms with Crippen LogP contribution in [0.25, 0.3) is 0 Å². The van der Waals surface area contributed by atoms with Crippen LogP contribution in [0.15, 0.2) is 42.5 Å². The highest BCUT2D eigenvalue weighted by Gasteiger charge is 2.50. The van der Waals surface area contributed by atoms with Gasteiger partial charge < -0.3 is 9.64 Å². The Morgan fingerprint density at radius 3 is 2.67 bits per heavy atom. The van der Waals surface area contributed by atoms with Crippen LogP contribution >= 0.6 is 0 Å². The molecular weight excluding hydrogens is 308 g/mol. The van der Waals surface area contributed by atoms with Gasteiger partial charge in [-0.1, -0.05) is 12.1 Å². The van der Waals surface area contributed by atoms with Crippen LogP contribution in [0.2, 0.25) is 0 Å². The van der Waals surface area contributed by atoms with Crippen molar-refractivity contribution in [1.82, 2.24) is 4.90 Å². The number of amides is 1. The maximum Gasteiger partial charge on any atom is 0.269 e. The second-order valence-electron chi connectivity index (χ2n) is 6.22. The van der Waals surface area contributed by atoms with Gasteiger partial charge in [-0.2, -0.15) is 0 Å². The maximum atomic E-state index is 12.8. The summed E-state index contributed by atoms with van der Waals surface area (Å²) < 4.78 is 5.15. The molecule has 4 rings (SSSR count). The summed E-state index contributed by atoms with van der Waals surface area (Å²) in [6, 6.07) is 12.4.